The molecule has 0 bridgehead atoms. The van der Waals surface area contributed by atoms with Gasteiger partial charge < -0.3 is 44.0 Å². The minimum Gasteiger partial charge on any atom is -0.480 e. The van der Waals surface area contributed by atoms with Gasteiger partial charge >= 0.3 is 5.97 Å². The van der Waals surface area contributed by atoms with Gasteiger partial charge in [-0.05, 0) is 12.3 Å². The van der Waals surface area contributed by atoms with Crippen molar-refractivity contribution in [3.05, 3.63) is 0 Å². The first-order valence-corrected chi connectivity index (χ1v) is 10.4. The van der Waals surface area contributed by atoms with Crippen LogP contribution in [-0.2, 0) is 33.6 Å². The highest BCUT2D eigenvalue weighted by atomic mass is 16.4. The Morgan fingerprint density at radius 2 is 1.26 bits per heavy atom. The summed E-state index contributed by atoms with van der Waals surface area (Å²) in [7, 11) is 0. The number of amides is 6. The van der Waals surface area contributed by atoms with Crippen molar-refractivity contribution in [3.8, 4) is 0 Å². The standard InChI is InChI=1S/C19H33N7O8/c1-3-8(2)15(19(33)34)26-18(32)11(7-14(23)29)25-17(31)10(4-5-12(21)27)24-16(30)9(20)6-13(22)28/h8-11,15H,3-7,20H2,1-2H3,(H2,21,27)(H2,22,28)(H2,23,29)(H,24,30)(H,25,31)(H,26,32)(H,33,34). The van der Waals surface area contributed by atoms with Crippen LogP contribution in [0.25, 0.3) is 0 Å². The van der Waals surface area contributed by atoms with Gasteiger partial charge in [-0.25, -0.2) is 4.79 Å². The van der Waals surface area contributed by atoms with Crippen molar-refractivity contribution in [1.29, 1.82) is 0 Å². The van der Waals surface area contributed by atoms with Crippen LogP contribution in [0.2, 0.25) is 0 Å². The maximum atomic E-state index is 12.8. The van der Waals surface area contributed by atoms with Crippen molar-refractivity contribution >= 4 is 41.4 Å². The van der Waals surface area contributed by atoms with E-state index >= 15 is 0 Å². The molecule has 0 aromatic heterocycles. The lowest BCUT2D eigenvalue weighted by Gasteiger charge is -2.26. The maximum absolute atomic E-state index is 12.8. The molecule has 0 spiro atoms. The van der Waals surface area contributed by atoms with E-state index in [-0.39, 0.29) is 12.8 Å². The van der Waals surface area contributed by atoms with Crippen molar-refractivity contribution in [2.45, 2.75) is 70.1 Å². The lowest BCUT2D eigenvalue weighted by Crippen LogP contribution is -2.58. The zero-order valence-electron chi connectivity index (χ0n) is 19.0. The van der Waals surface area contributed by atoms with Crippen LogP contribution < -0.4 is 38.9 Å². The molecule has 0 fully saturated rings. The predicted octanol–water partition coefficient (Wildman–Crippen LogP) is -4.08. The Morgan fingerprint density at radius 1 is 0.765 bits per heavy atom. The molecule has 12 N–H and O–H groups in total. The second-order valence-corrected chi connectivity index (χ2v) is 7.78. The first kappa shape index (κ1) is 30.2. The van der Waals surface area contributed by atoms with Crippen molar-refractivity contribution in [2.75, 3.05) is 0 Å². The molecule has 0 saturated heterocycles. The number of primary amides is 3. The number of nitrogens with one attached hydrogen (secondary N) is 3. The Kier molecular flexibility index (Phi) is 12.8. The molecular weight excluding hydrogens is 454 g/mol. The summed E-state index contributed by atoms with van der Waals surface area (Å²) in [5.74, 6) is -7.37. The van der Waals surface area contributed by atoms with Crippen molar-refractivity contribution in [3.63, 3.8) is 0 Å². The number of aliphatic carboxylic acids is 1. The number of carbonyl (C=O) groups is 7. The highest BCUT2D eigenvalue weighted by molar-refractivity contribution is 5.96. The summed E-state index contributed by atoms with van der Waals surface area (Å²) in [4.78, 5) is 82.7. The zero-order chi connectivity index (χ0) is 26.6. The fourth-order valence-corrected chi connectivity index (χ4v) is 2.76. The second-order valence-electron chi connectivity index (χ2n) is 7.78. The molecule has 6 amide bonds. The molecule has 0 saturated carbocycles. The van der Waals surface area contributed by atoms with Crippen LogP contribution in [0.1, 0.15) is 46.0 Å². The van der Waals surface area contributed by atoms with Gasteiger partial charge in [0.25, 0.3) is 0 Å². The van der Waals surface area contributed by atoms with E-state index in [0.717, 1.165) is 0 Å². The average molecular weight is 488 g/mol. The molecule has 0 aliphatic rings. The van der Waals surface area contributed by atoms with Crippen LogP contribution >= 0.6 is 0 Å². The maximum Gasteiger partial charge on any atom is 0.326 e. The van der Waals surface area contributed by atoms with Crippen LogP contribution in [0, 0.1) is 5.92 Å². The van der Waals surface area contributed by atoms with Gasteiger partial charge in [0.15, 0.2) is 0 Å². The number of hydrogen-bond acceptors (Lipinski definition) is 8. The quantitative estimate of drug-likeness (QED) is 0.105. The van der Waals surface area contributed by atoms with E-state index in [2.05, 4.69) is 16.0 Å². The molecule has 192 valence electrons. The number of carboxylic acid groups (broad SMARTS) is 1. The number of carboxylic acids is 1. The normalized spacial score (nSPS) is 15.0. The summed E-state index contributed by atoms with van der Waals surface area (Å²) >= 11 is 0. The molecule has 15 nitrogen and oxygen atoms in total. The highest BCUT2D eigenvalue weighted by Crippen LogP contribution is 2.09. The Bertz CT molecular complexity index is 804. The largest absolute Gasteiger partial charge is 0.480 e. The predicted molar refractivity (Wildman–Crippen MR) is 117 cm³/mol. The lowest BCUT2D eigenvalue weighted by molar-refractivity contribution is -0.144. The monoisotopic (exact) mass is 487 g/mol. The lowest BCUT2D eigenvalue weighted by atomic mass is 9.98. The van der Waals surface area contributed by atoms with Gasteiger partial charge in [0, 0.05) is 6.42 Å². The summed E-state index contributed by atoms with van der Waals surface area (Å²) in [5.41, 5.74) is 20.8. The summed E-state index contributed by atoms with van der Waals surface area (Å²) in [6.07, 6.45) is -1.43. The molecule has 0 aromatic rings. The number of carbonyl (C=O) groups excluding carboxylic acids is 6. The van der Waals surface area contributed by atoms with Crippen LogP contribution in [0.15, 0.2) is 0 Å². The summed E-state index contributed by atoms with van der Waals surface area (Å²) in [6, 6.07) is -5.71. The van der Waals surface area contributed by atoms with Gasteiger partial charge in [0.1, 0.15) is 18.1 Å². The first-order chi connectivity index (χ1) is 15.7. The third kappa shape index (κ3) is 11.2. The molecule has 34 heavy (non-hydrogen) atoms. The van der Waals surface area contributed by atoms with E-state index in [1.54, 1.807) is 13.8 Å². The van der Waals surface area contributed by atoms with Crippen molar-refractivity contribution < 1.29 is 38.7 Å². The zero-order valence-corrected chi connectivity index (χ0v) is 19.0. The van der Waals surface area contributed by atoms with E-state index < -0.39 is 84.3 Å². The summed E-state index contributed by atoms with van der Waals surface area (Å²) in [6.45, 7) is 3.30. The third-order valence-corrected chi connectivity index (χ3v) is 4.89. The van der Waals surface area contributed by atoms with E-state index in [4.69, 9.17) is 22.9 Å². The van der Waals surface area contributed by atoms with Gasteiger partial charge in [-0.15, -0.1) is 0 Å². The smallest absolute Gasteiger partial charge is 0.326 e. The minimum absolute atomic E-state index is 0.300. The van der Waals surface area contributed by atoms with Crippen LogP contribution in [0.3, 0.4) is 0 Å². The van der Waals surface area contributed by atoms with Gasteiger partial charge in [-0.2, -0.15) is 0 Å². The van der Waals surface area contributed by atoms with E-state index in [9.17, 15) is 38.7 Å². The SMILES string of the molecule is CCC(C)C(NC(=O)C(CC(N)=O)NC(=O)C(CCC(N)=O)NC(=O)C(N)CC(N)=O)C(=O)O. The van der Waals surface area contributed by atoms with E-state index in [1.807, 2.05) is 0 Å². The van der Waals surface area contributed by atoms with Gasteiger partial charge in [-0.1, -0.05) is 20.3 Å². The fourth-order valence-electron chi connectivity index (χ4n) is 2.76. The van der Waals surface area contributed by atoms with Gasteiger partial charge in [0.2, 0.25) is 35.4 Å². The van der Waals surface area contributed by atoms with Crippen molar-refractivity contribution in [2.24, 2.45) is 28.9 Å². The number of nitrogens with two attached hydrogens (primary N) is 4. The second kappa shape index (κ2) is 14.4. The van der Waals surface area contributed by atoms with Crippen molar-refractivity contribution in [1.82, 2.24) is 16.0 Å². The van der Waals surface area contributed by atoms with Crippen LogP contribution in [0.5, 0.6) is 0 Å². The van der Waals surface area contributed by atoms with E-state index in [0.29, 0.717) is 6.42 Å². The number of rotatable bonds is 16. The molecular formula is C19H33N7O8. The molecule has 15 heteroatoms. The molecule has 0 aromatic carbocycles. The minimum atomic E-state index is -1.58. The Balaban J connectivity index is 5.64. The molecule has 0 rings (SSSR count). The third-order valence-electron chi connectivity index (χ3n) is 4.89. The van der Waals surface area contributed by atoms with E-state index in [1.165, 1.54) is 0 Å². The summed E-state index contributed by atoms with van der Waals surface area (Å²) in [5, 5.41) is 16.1. The molecule has 0 radical (unpaired) electrons. The van der Waals surface area contributed by atoms with Crippen LogP contribution in [-0.4, -0.2) is 70.7 Å². The van der Waals surface area contributed by atoms with Crippen LogP contribution in [0.4, 0.5) is 0 Å². The number of hydrogen-bond donors (Lipinski definition) is 8. The Labute approximate surface area is 195 Å². The molecule has 0 aliphatic heterocycles. The van der Waals surface area contributed by atoms with Gasteiger partial charge in [-0.3, -0.25) is 28.8 Å². The molecule has 5 unspecified atom stereocenters. The molecule has 0 aliphatic carbocycles. The molecule has 5 atom stereocenters. The fraction of sp³-hybridized carbons (Fsp3) is 0.632. The van der Waals surface area contributed by atoms with Gasteiger partial charge in [0.05, 0.1) is 18.9 Å². The average Bonchev–Trinajstić information content (AvgIpc) is 2.72. The Morgan fingerprint density at radius 3 is 1.71 bits per heavy atom. The first-order valence-electron chi connectivity index (χ1n) is 10.4. The topological polar surface area (TPSA) is 280 Å². The summed E-state index contributed by atoms with van der Waals surface area (Å²) < 4.78 is 0. The molecule has 0 heterocycles. The Hall–Kier alpha value is -3.75. The highest BCUT2D eigenvalue weighted by Gasteiger charge is 2.32.